The highest BCUT2D eigenvalue weighted by Crippen LogP contribution is 2.30. The minimum Gasteiger partial charge on any atom is -0.444 e. The zero-order valence-electron chi connectivity index (χ0n) is 16.6. The summed E-state index contributed by atoms with van der Waals surface area (Å²) in [7, 11) is 0. The molecule has 1 aliphatic heterocycles. The number of anilines is 1. The first-order chi connectivity index (χ1) is 13.3. The lowest BCUT2D eigenvalue weighted by atomic mass is 9.98. The van der Waals surface area contributed by atoms with Crippen molar-refractivity contribution >= 4 is 17.7 Å². The van der Waals surface area contributed by atoms with Crippen molar-refractivity contribution in [1.82, 2.24) is 9.88 Å². The van der Waals surface area contributed by atoms with Gasteiger partial charge >= 0.3 is 6.09 Å². The summed E-state index contributed by atoms with van der Waals surface area (Å²) in [5, 5.41) is 2.71. The molecule has 1 saturated heterocycles. The van der Waals surface area contributed by atoms with Crippen molar-refractivity contribution in [3.8, 4) is 11.1 Å². The average molecular weight is 380 g/mol. The third-order valence-electron chi connectivity index (χ3n) is 4.44. The number of hydrogen-bond acceptors (Lipinski definition) is 4. The van der Waals surface area contributed by atoms with Crippen LogP contribution < -0.4 is 5.32 Å². The molecular formula is C22H26N3O3. The standard InChI is InChI=1S/C22H26N3O3/c1-22(2,3)28-21(27)24-18-15-23-14-17(16-10-6-4-7-11-16)19(18)20(26)25-12-8-5-9-13-25/h4,6-7,10-11,15H,5,8-9,12-13H2,1-3H3,(H,24,27). The molecule has 1 fully saturated rings. The number of likely N-dealkylation sites (tertiary alicyclic amines) is 1. The molecule has 2 amide bonds. The van der Waals surface area contributed by atoms with Gasteiger partial charge in [0.2, 0.25) is 0 Å². The van der Waals surface area contributed by atoms with Crippen molar-refractivity contribution in [3.63, 3.8) is 0 Å². The first-order valence-electron chi connectivity index (χ1n) is 9.60. The molecule has 1 radical (unpaired) electrons. The van der Waals surface area contributed by atoms with Crippen LogP contribution in [0.5, 0.6) is 0 Å². The molecule has 0 spiro atoms. The predicted molar refractivity (Wildman–Crippen MR) is 108 cm³/mol. The predicted octanol–water partition coefficient (Wildman–Crippen LogP) is 4.52. The highest BCUT2D eigenvalue weighted by atomic mass is 16.6. The Morgan fingerprint density at radius 1 is 1.11 bits per heavy atom. The molecule has 1 N–H and O–H groups in total. The lowest BCUT2D eigenvalue weighted by Crippen LogP contribution is -2.36. The van der Waals surface area contributed by atoms with Gasteiger partial charge in [-0.05, 0) is 45.6 Å². The van der Waals surface area contributed by atoms with E-state index in [-0.39, 0.29) is 5.91 Å². The fraction of sp³-hybridized carbons (Fsp3) is 0.409. The zero-order valence-corrected chi connectivity index (χ0v) is 16.6. The van der Waals surface area contributed by atoms with Crippen LogP contribution in [0.3, 0.4) is 0 Å². The lowest BCUT2D eigenvalue weighted by Gasteiger charge is -2.28. The van der Waals surface area contributed by atoms with Crippen LogP contribution in [0.4, 0.5) is 10.5 Å². The second-order valence-electron chi connectivity index (χ2n) is 7.88. The maximum absolute atomic E-state index is 13.4. The molecule has 2 heterocycles. The van der Waals surface area contributed by atoms with Crippen molar-refractivity contribution in [2.75, 3.05) is 18.4 Å². The van der Waals surface area contributed by atoms with Crippen molar-refractivity contribution < 1.29 is 14.3 Å². The van der Waals surface area contributed by atoms with E-state index in [0.717, 1.165) is 24.8 Å². The number of carbonyl (C=O) groups excluding carboxylic acids is 2. The number of benzene rings is 1. The van der Waals surface area contributed by atoms with Gasteiger partial charge in [0.15, 0.2) is 0 Å². The van der Waals surface area contributed by atoms with Crippen LogP contribution in [0.2, 0.25) is 0 Å². The Kier molecular flexibility index (Phi) is 5.97. The van der Waals surface area contributed by atoms with E-state index in [1.165, 1.54) is 6.20 Å². The molecule has 0 aliphatic carbocycles. The first kappa shape index (κ1) is 19.9. The Morgan fingerprint density at radius 3 is 2.43 bits per heavy atom. The molecule has 0 unspecified atom stereocenters. The Hall–Kier alpha value is -2.89. The van der Waals surface area contributed by atoms with Crippen molar-refractivity contribution in [2.45, 2.75) is 45.6 Å². The van der Waals surface area contributed by atoms with Gasteiger partial charge in [-0.3, -0.25) is 15.1 Å². The maximum Gasteiger partial charge on any atom is 0.412 e. The minimum atomic E-state index is -0.641. The summed E-state index contributed by atoms with van der Waals surface area (Å²) in [5.41, 5.74) is 1.49. The van der Waals surface area contributed by atoms with Crippen LogP contribution in [0.25, 0.3) is 11.1 Å². The van der Waals surface area contributed by atoms with Crippen LogP contribution in [-0.4, -0.2) is 40.6 Å². The van der Waals surface area contributed by atoms with Crippen LogP contribution in [0, 0.1) is 6.20 Å². The highest BCUT2D eigenvalue weighted by Gasteiger charge is 2.26. The van der Waals surface area contributed by atoms with E-state index in [1.54, 1.807) is 20.8 Å². The molecule has 0 atom stereocenters. The maximum atomic E-state index is 13.4. The largest absolute Gasteiger partial charge is 0.444 e. The number of carbonyl (C=O) groups is 2. The monoisotopic (exact) mass is 380 g/mol. The number of nitrogens with one attached hydrogen (secondary N) is 1. The summed E-state index contributed by atoms with van der Waals surface area (Å²) < 4.78 is 5.35. The molecule has 6 heteroatoms. The van der Waals surface area contributed by atoms with Crippen LogP contribution in [0.15, 0.2) is 36.5 Å². The Morgan fingerprint density at radius 2 is 1.79 bits per heavy atom. The number of piperidine rings is 1. The van der Waals surface area contributed by atoms with E-state index in [1.807, 2.05) is 35.2 Å². The van der Waals surface area contributed by atoms with Crippen LogP contribution in [0.1, 0.15) is 50.4 Å². The third kappa shape index (κ3) is 4.88. The van der Waals surface area contributed by atoms with E-state index >= 15 is 0 Å². The lowest BCUT2D eigenvalue weighted by molar-refractivity contribution is 0.0636. The summed E-state index contributed by atoms with van der Waals surface area (Å²) in [6, 6.07) is 9.50. The van der Waals surface area contributed by atoms with Crippen molar-refractivity contribution in [1.29, 1.82) is 0 Å². The zero-order chi connectivity index (χ0) is 20.1. The molecule has 28 heavy (non-hydrogen) atoms. The summed E-state index contributed by atoms with van der Waals surface area (Å²) in [6.07, 6.45) is 6.87. The second-order valence-corrected chi connectivity index (χ2v) is 7.88. The van der Waals surface area contributed by atoms with E-state index in [0.29, 0.717) is 29.9 Å². The first-order valence-corrected chi connectivity index (χ1v) is 9.60. The number of amides is 2. The number of pyridine rings is 1. The van der Waals surface area contributed by atoms with Crippen molar-refractivity contribution in [3.05, 3.63) is 48.3 Å². The quantitative estimate of drug-likeness (QED) is 0.850. The number of nitrogens with zero attached hydrogens (tertiary/aromatic N) is 2. The van der Waals surface area contributed by atoms with Gasteiger partial charge in [-0.1, -0.05) is 30.3 Å². The van der Waals surface area contributed by atoms with Gasteiger partial charge in [0.25, 0.3) is 5.91 Å². The van der Waals surface area contributed by atoms with Gasteiger partial charge in [0.1, 0.15) is 5.60 Å². The molecule has 1 aromatic carbocycles. The molecular weight excluding hydrogens is 354 g/mol. The van der Waals surface area contributed by atoms with Gasteiger partial charge < -0.3 is 9.64 Å². The smallest absolute Gasteiger partial charge is 0.412 e. The number of hydrogen-bond donors (Lipinski definition) is 1. The van der Waals surface area contributed by atoms with E-state index < -0.39 is 11.7 Å². The Bertz CT molecular complexity index is 838. The molecule has 1 aliphatic rings. The molecule has 0 bridgehead atoms. The van der Waals surface area contributed by atoms with E-state index in [2.05, 4.69) is 16.5 Å². The van der Waals surface area contributed by atoms with E-state index in [9.17, 15) is 9.59 Å². The van der Waals surface area contributed by atoms with Gasteiger partial charge in [-0.25, -0.2) is 4.79 Å². The Balaban J connectivity index is 2.01. The second kappa shape index (κ2) is 8.42. The number of rotatable bonds is 3. The topological polar surface area (TPSA) is 71.5 Å². The summed E-state index contributed by atoms with van der Waals surface area (Å²) in [4.78, 5) is 31.7. The third-order valence-corrected chi connectivity index (χ3v) is 4.44. The van der Waals surface area contributed by atoms with Crippen LogP contribution in [-0.2, 0) is 4.74 Å². The van der Waals surface area contributed by atoms with Gasteiger partial charge in [0.05, 0.1) is 23.6 Å². The fourth-order valence-electron chi connectivity index (χ4n) is 3.22. The van der Waals surface area contributed by atoms with E-state index in [4.69, 9.17) is 4.74 Å². The summed E-state index contributed by atoms with van der Waals surface area (Å²) in [5.74, 6) is -0.122. The van der Waals surface area contributed by atoms with Gasteiger partial charge in [0, 0.05) is 18.7 Å². The van der Waals surface area contributed by atoms with Crippen LogP contribution >= 0.6 is 0 Å². The minimum absolute atomic E-state index is 0.122. The SMILES string of the molecule is CC(C)(C)OC(=O)Nc1cn[c]c(-c2ccccc2)c1C(=O)N1CCCCC1. The number of ether oxygens (including phenoxy) is 1. The van der Waals surface area contributed by atoms with Gasteiger partial charge in [-0.15, -0.1) is 0 Å². The summed E-state index contributed by atoms with van der Waals surface area (Å²) in [6.45, 7) is 6.79. The highest BCUT2D eigenvalue weighted by molar-refractivity contribution is 6.07. The molecule has 3 rings (SSSR count). The molecule has 1 aromatic heterocycles. The molecule has 2 aromatic rings. The normalized spacial score (nSPS) is 14.5. The van der Waals surface area contributed by atoms with Gasteiger partial charge in [-0.2, -0.15) is 0 Å². The summed E-state index contributed by atoms with van der Waals surface area (Å²) >= 11 is 0. The molecule has 0 saturated carbocycles. The van der Waals surface area contributed by atoms with Crippen molar-refractivity contribution in [2.24, 2.45) is 0 Å². The fourth-order valence-corrected chi connectivity index (χ4v) is 3.22. The average Bonchev–Trinajstić information content (AvgIpc) is 2.67. The number of aromatic nitrogens is 1. The molecule has 147 valence electrons. The molecule has 6 nitrogen and oxygen atoms in total. The Labute approximate surface area is 165 Å².